The quantitative estimate of drug-likeness (QED) is 0.249. The molecule has 0 saturated carbocycles. The highest BCUT2D eigenvalue weighted by atomic mass is 16.5. The van der Waals surface area contributed by atoms with E-state index in [2.05, 4.69) is 40.0 Å². The molecule has 0 bridgehead atoms. The number of aromatic nitrogens is 4. The maximum atomic E-state index is 6.36. The Morgan fingerprint density at radius 1 is 0.658 bits per heavy atom. The lowest BCUT2D eigenvalue weighted by molar-refractivity contribution is 0.483. The van der Waals surface area contributed by atoms with Crippen LogP contribution in [0, 0.1) is 0 Å². The van der Waals surface area contributed by atoms with Crippen LogP contribution in [0.25, 0.3) is 55.2 Å². The van der Waals surface area contributed by atoms with Crippen molar-refractivity contribution < 1.29 is 9.15 Å². The lowest BCUT2D eigenvalue weighted by Crippen LogP contribution is -1.97. The molecule has 6 nitrogen and oxygen atoms in total. The number of pyridine rings is 1. The van der Waals surface area contributed by atoms with Gasteiger partial charge in [0.05, 0.1) is 22.1 Å². The lowest BCUT2D eigenvalue weighted by atomic mass is 10.1. The number of fused-ring (bicyclic) bond motifs is 7. The highest BCUT2D eigenvalue weighted by Crippen LogP contribution is 2.41. The van der Waals surface area contributed by atoms with Gasteiger partial charge in [0.15, 0.2) is 0 Å². The second-order valence-electron chi connectivity index (χ2n) is 9.19. The molecule has 0 fully saturated rings. The predicted octanol–water partition coefficient (Wildman–Crippen LogP) is 8.06. The van der Waals surface area contributed by atoms with Crippen molar-refractivity contribution in [2.45, 2.75) is 0 Å². The van der Waals surface area contributed by atoms with Crippen LogP contribution in [0.4, 0.5) is 0 Å². The van der Waals surface area contributed by atoms with E-state index in [1.54, 1.807) is 6.20 Å². The van der Waals surface area contributed by atoms with Crippen molar-refractivity contribution in [3.05, 3.63) is 122 Å². The Kier molecular flexibility index (Phi) is 4.42. The van der Waals surface area contributed by atoms with Crippen LogP contribution in [0.5, 0.6) is 11.5 Å². The third kappa shape index (κ3) is 3.14. The van der Waals surface area contributed by atoms with E-state index >= 15 is 0 Å². The average Bonchev–Trinajstić information content (AvgIpc) is 3.69. The minimum atomic E-state index is 0.737. The van der Waals surface area contributed by atoms with E-state index in [0.29, 0.717) is 0 Å². The van der Waals surface area contributed by atoms with E-state index in [1.165, 1.54) is 0 Å². The van der Waals surface area contributed by atoms with Crippen LogP contribution in [-0.2, 0) is 0 Å². The fourth-order valence-electron chi connectivity index (χ4n) is 5.33. The summed E-state index contributed by atoms with van der Waals surface area (Å²) >= 11 is 0. The molecule has 0 N–H and O–H groups in total. The Morgan fingerprint density at radius 3 is 2.45 bits per heavy atom. The van der Waals surface area contributed by atoms with Crippen molar-refractivity contribution in [1.29, 1.82) is 0 Å². The first kappa shape index (κ1) is 20.8. The second-order valence-corrected chi connectivity index (χ2v) is 9.19. The Bertz CT molecular complexity index is 2110. The predicted molar refractivity (Wildman–Crippen MR) is 149 cm³/mol. The van der Waals surface area contributed by atoms with Crippen molar-refractivity contribution in [2.24, 2.45) is 0 Å². The summed E-state index contributed by atoms with van der Waals surface area (Å²) in [6.07, 6.45) is 5.50. The molecule has 0 unspecified atom stereocenters. The molecule has 0 aliphatic carbocycles. The molecule has 180 valence electrons. The highest BCUT2D eigenvalue weighted by molar-refractivity contribution is 6.24. The summed E-state index contributed by atoms with van der Waals surface area (Å²) in [6, 6.07) is 34.4. The molecule has 4 heterocycles. The topological polar surface area (TPSA) is 58.0 Å². The summed E-state index contributed by atoms with van der Waals surface area (Å²) in [7, 11) is 0. The number of hydrogen-bond donors (Lipinski definition) is 0. The number of furan rings is 1. The maximum Gasteiger partial charge on any atom is 0.137 e. The van der Waals surface area contributed by atoms with Crippen molar-refractivity contribution >= 4 is 43.7 Å². The van der Waals surface area contributed by atoms with E-state index in [9.17, 15) is 0 Å². The zero-order valence-corrected chi connectivity index (χ0v) is 20.2. The maximum absolute atomic E-state index is 6.36. The van der Waals surface area contributed by atoms with E-state index < -0.39 is 0 Å². The number of rotatable bonds is 4. The molecular formula is C32H20N4O2. The minimum absolute atomic E-state index is 0.737. The van der Waals surface area contributed by atoms with Gasteiger partial charge in [0, 0.05) is 46.9 Å². The van der Waals surface area contributed by atoms with Gasteiger partial charge in [0.1, 0.15) is 28.5 Å². The molecule has 0 spiro atoms. The zero-order valence-electron chi connectivity index (χ0n) is 20.2. The summed E-state index contributed by atoms with van der Waals surface area (Å²) in [4.78, 5) is 4.73. The fraction of sp³-hybridized carbons (Fsp3) is 0. The summed E-state index contributed by atoms with van der Waals surface area (Å²) in [5.74, 6) is 2.31. The molecule has 0 radical (unpaired) electrons. The molecule has 0 aliphatic heterocycles. The normalized spacial score (nSPS) is 11.7. The number of para-hydroxylation sites is 1. The van der Waals surface area contributed by atoms with E-state index in [-0.39, 0.29) is 0 Å². The molecule has 6 heteroatoms. The average molecular weight is 493 g/mol. The summed E-state index contributed by atoms with van der Waals surface area (Å²) < 4.78 is 16.6. The molecule has 0 aliphatic rings. The smallest absolute Gasteiger partial charge is 0.137 e. The lowest BCUT2D eigenvalue weighted by Gasteiger charge is -2.10. The van der Waals surface area contributed by atoms with Crippen LogP contribution >= 0.6 is 0 Å². The number of nitrogens with zero attached hydrogens (tertiary/aromatic N) is 4. The van der Waals surface area contributed by atoms with Gasteiger partial charge < -0.3 is 9.15 Å². The van der Waals surface area contributed by atoms with E-state index in [0.717, 1.165) is 66.7 Å². The molecule has 38 heavy (non-hydrogen) atoms. The van der Waals surface area contributed by atoms with Gasteiger partial charge in [-0.3, -0.25) is 4.57 Å². The molecular weight excluding hydrogens is 472 g/mol. The zero-order chi connectivity index (χ0) is 25.1. The van der Waals surface area contributed by atoms with Crippen LogP contribution in [0.3, 0.4) is 0 Å². The second kappa shape index (κ2) is 8.08. The van der Waals surface area contributed by atoms with Gasteiger partial charge in [-0.05, 0) is 60.7 Å². The molecule has 8 rings (SSSR count). The SMILES string of the molecule is c1ccc(-n2c3cc(Oc4cccc(-n5cccn5)c4)ccc3c3ccc4oc5ccccc5c4c32)nc1. The van der Waals surface area contributed by atoms with Gasteiger partial charge in [0.2, 0.25) is 0 Å². The third-order valence-corrected chi connectivity index (χ3v) is 6.94. The third-order valence-electron chi connectivity index (χ3n) is 6.94. The summed E-state index contributed by atoms with van der Waals surface area (Å²) in [5.41, 5.74) is 4.74. The highest BCUT2D eigenvalue weighted by Gasteiger charge is 2.20. The fourth-order valence-corrected chi connectivity index (χ4v) is 5.33. The van der Waals surface area contributed by atoms with E-state index in [1.807, 2.05) is 89.9 Å². The van der Waals surface area contributed by atoms with Crippen LogP contribution in [-0.4, -0.2) is 19.3 Å². The van der Waals surface area contributed by atoms with Gasteiger partial charge in [0.25, 0.3) is 0 Å². The summed E-state index contributed by atoms with van der Waals surface area (Å²) in [5, 5.41) is 8.75. The first-order valence-corrected chi connectivity index (χ1v) is 12.4. The molecule has 4 aromatic heterocycles. The van der Waals surface area contributed by atoms with E-state index in [4.69, 9.17) is 14.1 Å². The van der Waals surface area contributed by atoms with Crippen molar-refractivity contribution in [1.82, 2.24) is 19.3 Å². The van der Waals surface area contributed by atoms with Crippen molar-refractivity contribution in [2.75, 3.05) is 0 Å². The standard InChI is InChI=1S/C32H20N4O2/c1-2-10-28-26(9-1)31-29(38-28)15-14-25-24-13-12-23(20-27(24)36(32(25)31)30-11-3-4-16-33-30)37-22-8-5-7-21(19-22)35-18-6-17-34-35/h1-20H. The largest absolute Gasteiger partial charge is 0.457 e. The van der Waals surface area contributed by atoms with Crippen molar-refractivity contribution in [3.63, 3.8) is 0 Å². The number of hydrogen-bond acceptors (Lipinski definition) is 4. The Labute approximate surface area is 216 Å². The van der Waals surface area contributed by atoms with Crippen LogP contribution < -0.4 is 4.74 Å². The minimum Gasteiger partial charge on any atom is -0.457 e. The summed E-state index contributed by atoms with van der Waals surface area (Å²) in [6.45, 7) is 0. The Morgan fingerprint density at radius 2 is 1.55 bits per heavy atom. The van der Waals surface area contributed by atoms with Crippen LogP contribution in [0.15, 0.2) is 126 Å². The van der Waals surface area contributed by atoms with Gasteiger partial charge in [-0.15, -0.1) is 0 Å². The van der Waals surface area contributed by atoms with Gasteiger partial charge in [-0.2, -0.15) is 5.10 Å². The van der Waals surface area contributed by atoms with Gasteiger partial charge in [-0.1, -0.05) is 30.3 Å². The van der Waals surface area contributed by atoms with Crippen LogP contribution in [0.1, 0.15) is 0 Å². The molecule has 0 saturated heterocycles. The van der Waals surface area contributed by atoms with Gasteiger partial charge in [-0.25, -0.2) is 9.67 Å². The molecule has 4 aromatic carbocycles. The first-order chi connectivity index (χ1) is 18.8. The molecule has 0 atom stereocenters. The van der Waals surface area contributed by atoms with Crippen molar-refractivity contribution in [3.8, 4) is 23.0 Å². The monoisotopic (exact) mass is 492 g/mol. The van der Waals surface area contributed by atoms with Gasteiger partial charge >= 0.3 is 0 Å². The number of benzene rings is 4. The molecule has 8 aromatic rings. The van der Waals surface area contributed by atoms with Crippen LogP contribution in [0.2, 0.25) is 0 Å². The number of ether oxygens (including phenoxy) is 1. The Balaban J connectivity index is 1.37. The first-order valence-electron chi connectivity index (χ1n) is 12.4. The molecule has 0 amide bonds. The Hall–Kier alpha value is -5.36.